The number of hydrogen-bond donors (Lipinski definition) is 0. The highest BCUT2D eigenvalue weighted by atomic mass is 19.1. The van der Waals surface area contributed by atoms with E-state index in [1.54, 1.807) is 26.0 Å². The van der Waals surface area contributed by atoms with Gasteiger partial charge in [0.2, 0.25) is 6.10 Å². The lowest BCUT2D eigenvalue weighted by Crippen LogP contribution is -2.49. The highest BCUT2D eigenvalue weighted by Gasteiger charge is 2.52. The number of cyclic esters (lactones) is 1. The van der Waals surface area contributed by atoms with Crippen LogP contribution in [0.25, 0.3) is 0 Å². The van der Waals surface area contributed by atoms with Crippen LogP contribution in [0.2, 0.25) is 0 Å². The van der Waals surface area contributed by atoms with Crippen molar-refractivity contribution in [2.24, 2.45) is 5.16 Å². The molecule has 2 aromatic rings. The van der Waals surface area contributed by atoms with E-state index >= 15 is 0 Å². The summed E-state index contributed by atoms with van der Waals surface area (Å²) in [5, 5.41) is 3.94. The van der Waals surface area contributed by atoms with Crippen LogP contribution in [0.1, 0.15) is 31.4 Å². The van der Waals surface area contributed by atoms with Gasteiger partial charge in [0.15, 0.2) is 0 Å². The Hall–Kier alpha value is -3.22. The van der Waals surface area contributed by atoms with Crippen LogP contribution < -0.4 is 0 Å². The Kier molecular flexibility index (Phi) is 4.82. The van der Waals surface area contributed by atoms with E-state index in [1.807, 2.05) is 30.3 Å². The lowest BCUT2D eigenvalue weighted by atomic mass is 9.91. The highest BCUT2D eigenvalue weighted by Crippen LogP contribution is 2.33. The first-order valence-corrected chi connectivity index (χ1v) is 9.44. The number of rotatable bonds is 4. The average Bonchev–Trinajstić information content (AvgIpc) is 3.25. The second-order valence-electron chi connectivity index (χ2n) is 7.73. The van der Waals surface area contributed by atoms with Gasteiger partial charge in [0.1, 0.15) is 11.4 Å². The summed E-state index contributed by atoms with van der Waals surface area (Å²) < 4.78 is 19.0. The Morgan fingerprint density at radius 2 is 1.97 bits per heavy atom. The van der Waals surface area contributed by atoms with E-state index in [1.165, 1.54) is 12.1 Å². The number of imide groups is 1. The number of carbonyl (C=O) groups excluding carboxylic acids is 2. The fraction of sp³-hybridized carbons (Fsp3) is 0.318. The number of nitrogens with zero attached hydrogens (tertiary/aromatic N) is 2. The van der Waals surface area contributed by atoms with Gasteiger partial charge in [0.25, 0.3) is 5.91 Å². The second-order valence-corrected chi connectivity index (χ2v) is 7.73. The van der Waals surface area contributed by atoms with Crippen LogP contribution in [0.5, 0.6) is 0 Å². The average molecular weight is 396 g/mol. The highest BCUT2D eigenvalue weighted by molar-refractivity contribution is 6.06. The molecule has 0 radical (unpaired) electrons. The molecule has 150 valence electrons. The first-order chi connectivity index (χ1) is 13.8. The smallest absolute Gasteiger partial charge is 0.417 e. The van der Waals surface area contributed by atoms with Crippen molar-refractivity contribution in [3.63, 3.8) is 0 Å². The fourth-order valence-electron chi connectivity index (χ4n) is 3.70. The first kappa shape index (κ1) is 19.1. The zero-order chi connectivity index (χ0) is 20.6. The van der Waals surface area contributed by atoms with Gasteiger partial charge in [-0.05, 0) is 38.0 Å². The standard InChI is InChI=1S/C22H21FN2O4/c1-22(2)19(11-14-7-4-3-5-8-14)25(21(27)28-22)20(26)18-13-17(24-29-18)15-9-6-10-16(23)12-15/h3-10,12,18-19H,11,13H2,1-2H3/t18-,19-/m0/s1. The maximum Gasteiger partial charge on any atom is 0.417 e. The Morgan fingerprint density at radius 3 is 2.69 bits per heavy atom. The molecule has 7 heteroatoms. The van der Waals surface area contributed by atoms with E-state index in [9.17, 15) is 14.0 Å². The molecule has 0 aromatic heterocycles. The van der Waals surface area contributed by atoms with E-state index in [-0.39, 0.29) is 6.42 Å². The molecule has 2 aromatic carbocycles. The van der Waals surface area contributed by atoms with Crippen molar-refractivity contribution in [1.29, 1.82) is 0 Å². The number of ether oxygens (including phenoxy) is 1. The van der Waals surface area contributed by atoms with E-state index in [4.69, 9.17) is 9.57 Å². The Bertz CT molecular complexity index is 974. The molecule has 0 spiro atoms. The topological polar surface area (TPSA) is 68.2 Å². The minimum absolute atomic E-state index is 0.157. The van der Waals surface area contributed by atoms with Crippen LogP contribution in [0.15, 0.2) is 59.8 Å². The molecule has 0 aliphatic carbocycles. The molecule has 2 aliphatic rings. The molecular weight excluding hydrogens is 375 g/mol. The molecule has 29 heavy (non-hydrogen) atoms. The predicted molar refractivity (Wildman–Crippen MR) is 104 cm³/mol. The van der Waals surface area contributed by atoms with Crippen LogP contribution in [0.3, 0.4) is 0 Å². The molecule has 1 fully saturated rings. The number of amides is 2. The maximum absolute atomic E-state index is 13.5. The number of halogens is 1. The lowest BCUT2D eigenvalue weighted by Gasteiger charge is -2.28. The minimum atomic E-state index is -0.951. The molecule has 0 N–H and O–H groups in total. The van der Waals surface area contributed by atoms with Crippen molar-refractivity contribution in [3.05, 3.63) is 71.5 Å². The van der Waals surface area contributed by atoms with Gasteiger partial charge < -0.3 is 9.57 Å². The fourth-order valence-corrected chi connectivity index (χ4v) is 3.70. The molecule has 6 nitrogen and oxygen atoms in total. The van der Waals surface area contributed by atoms with Crippen molar-refractivity contribution in [2.45, 2.75) is 44.4 Å². The molecule has 1 saturated heterocycles. The van der Waals surface area contributed by atoms with Crippen molar-refractivity contribution in [3.8, 4) is 0 Å². The molecule has 0 saturated carbocycles. The molecular formula is C22H21FN2O4. The third kappa shape index (κ3) is 3.72. The Labute approximate surface area is 167 Å². The van der Waals surface area contributed by atoms with Gasteiger partial charge >= 0.3 is 6.09 Å². The summed E-state index contributed by atoms with van der Waals surface area (Å²) >= 11 is 0. The summed E-state index contributed by atoms with van der Waals surface area (Å²) in [6.07, 6.45) is -1.02. The largest absolute Gasteiger partial charge is 0.441 e. The zero-order valence-electron chi connectivity index (χ0n) is 16.2. The Balaban J connectivity index is 1.53. The second kappa shape index (κ2) is 7.31. The third-order valence-electron chi connectivity index (χ3n) is 5.27. The van der Waals surface area contributed by atoms with E-state index < -0.39 is 35.6 Å². The summed E-state index contributed by atoms with van der Waals surface area (Å²) in [7, 11) is 0. The van der Waals surface area contributed by atoms with Crippen molar-refractivity contribution < 1.29 is 23.6 Å². The SMILES string of the molecule is CC1(C)OC(=O)N(C(=O)[C@@H]2CC(c3cccc(F)c3)=NO2)[C@H]1Cc1ccccc1. The summed E-state index contributed by atoms with van der Waals surface area (Å²) in [5.74, 6) is -0.899. The lowest BCUT2D eigenvalue weighted by molar-refractivity contribution is -0.140. The number of carbonyl (C=O) groups is 2. The van der Waals surface area contributed by atoms with Gasteiger partial charge in [-0.1, -0.05) is 47.6 Å². The van der Waals surface area contributed by atoms with Crippen LogP contribution in [-0.2, 0) is 20.8 Å². The van der Waals surface area contributed by atoms with Crippen molar-refractivity contribution in [2.75, 3.05) is 0 Å². The molecule has 4 rings (SSSR count). The predicted octanol–water partition coefficient (Wildman–Crippen LogP) is 3.69. The van der Waals surface area contributed by atoms with E-state index in [0.29, 0.717) is 17.7 Å². The van der Waals surface area contributed by atoms with Crippen molar-refractivity contribution >= 4 is 17.7 Å². The molecule has 2 atom stereocenters. The van der Waals surface area contributed by atoms with Crippen molar-refractivity contribution in [1.82, 2.24) is 4.90 Å². The van der Waals surface area contributed by atoms with Crippen LogP contribution in [0.4, 0.5) is 9.18 Å². The first-order valence-electron chi connectivity index (χ1n) is 9.44. The molecule has 2 aliphatic heterocycles. The van der Waals surface area contributed by atoms with Gasteiger partial charge in [-0.2, -0.15) is 0 Å². The normalized spacial score (nSPS) is 22.8. The van der Waals surface area contributed by atoms with E-state index in [0.717, 1.165) is 10.5 Å². The third-order valence-corrected chi connectivity index (χ3v) is 5.27. The number of oxime groups is 1. The summed E-state index contributed by atoms with van der Waals surface area (Å²) in [6.45, 7) is 3.58. The summed E-state index contributed by atoms with van der Waals surface area (Å²) in [6, 6.07) is 15.1. The number of benzene rings is 2. The van der Waals surface area contributed by atoms with Gasteiger partial charge in [0, 0.05) is 12.0 Å². The van der Waals surface area contributed by atoms with Gasteiger partial charge in [-0.25, -0.2) is 14.1 Å². The van der Waals surface area contributed by atoms with Gasteiger partial charge in [-0.3, -0.25) is 4.79 Å². The summed E-state index contributed by atoms with van der Waals surface area (Å²) in [4.78, 5) is 32.1. The van der Waals surface area contributed by atoms with Gasteiger partial charge in [0.05, 0.1) is 11.8 Å². The van der Waals surface area contributed by atoms with Gasteiger partial charge in [-0.15, -0.1) is 0 Å². The zero-order valence-corrected chi connectivity index (χ0v) is 16.2. The number of hydrogen-bond acceptors (Lipinski definition) is 5. The molecule has 0 bridgehead atoms. The maximum atomic E-state index is 13.5. The molecule has 2 amide bonds. The van der Waals surface area contributed by atoms with E-state index in [2.05, 4.69) is 5.16 Å². The minimum Gasteiger partial charge on any atom is -0.441 e. The quantitative estimate of drug-likeness (QED) is 0.791. The van der Waals surface area contributed by atoms with Crippen LogP contribution in [0, 0.1) is 5.82 Å². The van der Waals surface area contributed by atoms with Crippen LogP contribution in [-0.4, -0.2) is 40.4 Å². The Morgan fingerprint density at radius 1 is 1.21 bits per heavy atom. The molecule has 2 heterocycles. The van der Waals surface area contributed by atoms with Crippen LogP contribution >= 0.6 is 0 Å². The monoisotopic (exact) mass is 396 g/mol. The summed E-state index contributed by atoms with van der Waals surface area (Å²) in [5.41, 5.74) is 1.17. The molecule has 0 unspecified atom stereocenters.